The number of anilines is 3. The van der Waals surface area contributed by atoms with Gasteiger partial charge < -0.3 is 9.47 Å². The van der Waals surface area contributed by atoms with Crippen LogP contribution in [0.4, 0.5) is 17.1 Å². The lowest BCUT2D eigenvalue weighted by molar-refractivity contribution is 0.0225. The third-order valence-corrected chi connectivity index (χ3v) is 17.0. The molecule has 0 aliphatic heterocycles. The Balaban J connectivity index is 0.916. The highest BCUT2D eigenvalue weighted by Gasteiger charge is 2.65. The van der Waals surface area contributed by atoms with Crippen LogP contribution in [0.1, 0.15) is 62.6 Å². The van der Waals surface area contributed by atoms with Gasteiger partial charge in [0.1, 0.15) is 0 Å². The maximum absolute atomic E-state index is 2.60. The van der Waals surface area contributed by atoms with Crippen molar-refractivity contribution in [3.63, 3.8) is 0 Å². The molecule has 9 aromatic rings. The predicted molar refractivity (Wildman–Crippen MR) is 258 cm³/mol. The van der Waals surface area contributed by atoms with Gasteiger partial charge in [-0.25, -0.2) is 0 Å². The molecule has 5 fully saturated rings. The Hall–Kier alpha value is -6.38. The molecule has 6 aliphatic carbocycles. The molecule has 6 bridgehead atoms. The van der Waals surface area contributed by atoms with Gasteiger partial charge in [0.15, 0.2) is 0 Å². The first-order valence-corrected chi connectivity index (χ1v) is 23.2. The van der Waals surface area contributed by atoms with Crippen LogP contribution in [-0.4, -0.2) is 4.57 Å². The summed E-state index contributed by atoms with van der Waals surface area (Å²) in [4.78, 5) is 2.55. The van der Waals surface area contributed by atoms with Crippen molar-refractivity contribution in [1.29, 1.82) is 0 Å². The van der Waals surface area contributed by atoms with Gasteiger partial charge in [0.05, 0.1) is 16.7 Å². The molecule has 3 atom stereocenters. The molecule has 2 nitrogen and oxygen atoms in total. The minimum absolute atomic E-state index is 0.0824. The third-order valence-electron chi connectivity index (χ3n) is 17.0. The molecule has 2 heteroatoms. The van der Waals surface area contributed by atoms with E-state index >= 15 is 0 Å². The van der Waals surface area contributed by atoms with Crippen molar-refractivity contribution in [1.82, 2.24) is 4.57 Å². The standard InChI is InChI=1S/C60H50N2/c1-59(2)53-19-8-5-17-48(53)49-29-27-45(33-54(49)59)61(44-14-11-13-42(32-44)60-34-40-30-39-31-41(35-60)57(40)52(39)36-60)43-25-22-38(23-26-43)46-15-6-9-20-55(46)62-56-21-10-7-18-50(56)51-28-24-37-12-3-4-16-47(37)58(51)62/h3-29,32-33,39-41,52,57H,30-31,34-36H2,1-2H3/t39?,40-,41-,52?,57?,60?/m0/s1. The zero-order chi connectivity index (χ0) is 40.9. The number of aromatic nitrogens is 1. The van der Waals surface area contributed by atoms with Gasteiger partial charge >= 0.3 is 0 Å². The fourth-order valence-corrected chi connectivity index (χ4v) is 14.7. The largest absolute Gasteiger partial charge is 0.310 e. The van der Waals surface area contributed by atoms with E-state index in [0.717, 1.165) is 29.6 Å². The number of fused-ring (bicyclic) bond motifs is 8. The fourth-order valence-electron chi connectivity index (χ4n) is 14.7. The molecule has 0 N–H and O–H groups in total. The fraction of sp³-hybridized carbons (Fsp3) is 0.233. The minimum Gasteiger partial charge on any atom is -0.310 e. The molecule has 15 rings (SSSR count). The maximum Gasteiger partial charge on any atom is 0.0619 e. The molecule has 6 aliphatic rings. The van der Waals surface area contributed by atoms with E-state index in [1.165, 1.54) is 121 Å². The smallest absolute Gasteiger partial charge is 0.0619 e. The van der Waals surface area contributed by atoms with Crippen LogP contribution in [0.2, 0.25) is 0 Å². The van der Waals surface area contributed by atoms with Crippen molar-refractivity contribution >= 4 is 49.6 Å². The van der Waals surface area contributed by atoms with Gasteiger partial charge in [-0.3, -0.25) is 0 Å². The third kappa shape index (κ3) is 4.76. The molecule has 5 saturated carbocycles. The lowest BCUT2D eigenvalue weighted by Crippen LogP contribution is -2.47. The zero-order valence-corrected chi connectivity index (χ0v) is 35.6. The van der Waals surface area contributed by atoms with Gasteiger partial charge in [0, 0.05) is 44.2 Å². The summed E-state index contributed by atoms with van der Waals surface area (Å²) < 4.78 is 2.51. The Kier molecular flexibility index (Phi) is 7.16. The van der Waals surface area contributed by atoms with E-state index < -0.39 is 0 Å². The van der Waals surface area contributed by atoms with Crippen molar-refractivity contribution in [3.8, 4) is 27.9 Å². The highest BCUT2D eigenvalue weighted by molar-refractivity contribution is 6.19. The number of benzene rings is 8. The highest BCUT2D eigenvalue weighted by Crippen LogP contribution is 2.72. The second-order valence-corrected chi connectivity index (χ2v) is 20.3. The summed E-state index contributed by atoms with van der Waals surface area (Å²) in [7, 11) is 0. The number of hydrogen-bond acceptors (Lipinski definition) is 1. The first kappa shape index (κ1) is 35.2. The van der Waals surface area contributed by atoms with Crippen molar-refractivity contribution in [2.24, 2.45) is 29.6 Å². The molecular weight excluding hydrogens is 749 g/mol. The van der Waals surface area contributed by atoms with Gasteiger partial charge in [0.25, 0.3) is 0 Å². The van der Waals surface area contributed by atoms with E-state index in [0.29, 0.717) is 5.41 Å². The van der Waals surface area contributed by atoms with E-state index in [2.05, 4.69) is 199 Å². The summed E-state index contributed by atoms with van der Waals surface area (Å²) in [6.07, 6.45) is 7.18. The highest BCUT2D eigenvalue weighted by atomic mass is 15.1. The van der Waals surface area contributed by atoms with Gasteiger partial charge in [0.2, 0.25) is 0 Å². The Morgan fingerprint density at radius 2 is 1.19 bits per heavy atom. The van der Waals surface area contributed by atoms with E-state index in [-0.39, 0.29) is 5.41 Å². The normalized spacial score (nSPS) is 24.6. The molecule has 0 amide bonds. The summed E-state index contributed by atoms with van der Waals surface area (Å²) in [5, 5.41) is 5.10. The second-order valence-electron chi connectivity index (χ2n) is 20.3. The molecule has 0 spiro atoms. The number of nitrogens with zero attached hydrogens (tertiary/aromatic N) is 2. The van der Waals surface area contributed by atoms with Gasteiger partial charge in [-0.2, -0.15) is 0 Å². The van der Waals surface area contributed by atoms with Crippen molar-refractivity contribution in [2.45, 2.75) is 56.8 Å². The van der Waals surface area contributed by atoms with Gasteiger partial charge in [-0.05, 0) is 154 Å². The number of hydrogen-bond donors (Lipinski definition) is 0. The number of para-hydroxylation sites is 2. The monoisotopic (exact) mass is 798 g/mol. The minimum atomic E-state index is -0.0824. The lowest BCUT2D eigenvalue weighted by atomic mass is 9.51. The Morgan fingerprint density at radius 1 is 0.500 bits per heavy atom. The van der Waals surface area contributed by atoms with Gasteiger partial charge in [-0.15, -0.1) is 0 Å². The van der Waals surface area contributed by atoms with Crippen LogP contribution in [0.5, 0.6) is 0 Å². The van der Waals surface area contributed by atoms with E-state index in [9.17, 15) is 0 Å². The SMILES string of the molecule is CC1(C)c2ccccc2-c2ccc(N(c3ccc(-c4ccccc4-n4c5ccccc5c5ccc6ccccc6c54)cc3)c3cccc(C45CC6C7C[C@@H](C4)C6[C@@H](C7)C5)c3)cc21. The van der Waals surface area contributed by atoms with Crippen LogP contribution in [0, 0.1) is 29.6 Å². The molecule has 0 saturated heterocycles. The summed E-state index contributed by atoms with van der Waals surface area (Å²) in [5.74, 6) is 4.88. The van der Waals surface area contributed by atoms with Crippen molar-refractivity contribution in [2.75, 3.05) is 4.90 Å². The van der Waals surface area contributed by atoms with Crippen LogP contribution in [0.25, 0.3) is 60.5 Å². The van der Waals surface area contributed by atoms with E-state index in [1.54, 1.807) is 5.56 Å². The molecule has 1 heterocycles. The summed E-state index contributed by atoms with van der Waals surface area (Å²) in [6, 6.07) is 66.8. The molecule has 1 unspecified atom stereocenters. The molecule has 8 aromatic carbocycles. The average molecular weight is 799 g/mol. The molecule has 300 valence electrons. The zero-order valence-electron chi connectivity index (χ0n) is 35.6. The number of rotatable bonds is 6. The summed E-state index contributed by atoms with van der Waals surface area (Å²) in [6.45, 7) is 4.80. The summed E-state index contributed by atoms with van der Waals surface area (Å²) >= 11 is 0. The van der Waals surface area contributed by atoms with Crippen LogP contribution in [0.3, 0.4) is 0 Å². The molecular formula is C60H50N2. The van der Waals surface area contributed by atoms with E-state index in [1.807, 2.05) is 0 Å². The van der Waals surface area contributed by atoms with E-state index in [4.69, 9.17) is 0 Å². The van der Waals surface area contributed by atoms with Crippen molar-refractivity contribution < 1.29 is 0 Å². The van der Waals surface area contributed by atoms with Crippen molar-refractivity contribution in [3.05, 3.63) is 193 Å². The molecule has 1 aromatic heterocycles. The first-order valence-electron chi connectivity index (χ1n) is 23.2. The molecule has 0 radical (unpaired) electrons. The summed E-state index contributed by atoms with van der Waals surface area (Å²) in [5.41, 5.74) is 17.2. The van der Waals surface area contributed by atoms with Crippen LogP contribution < -0.4 is 4.90 Å². The van der Waals surface area contributed by atoms with Crippen LogP contribution >= 0.6 is 0 Å². The van der Waals surface area contributed by atoms with Gasteiger partial charge in [-0.1, -0.05) is 141 Å². The Labute approximate surface area is 364 Å². The maximum atomic E-state index is 2.60. The van der Waals surface area contributed by atoms with Crippen LogP contribution in [-0.2, 0) is 10.8 Å². The molecule has 62 heavy (non-hydrogen) atoms. The second kappa shape index (κ2) is 12.6. The Morgan fingerprint density at radius 3 is 2.03 bits per heavy atom. The predicted octanol–water partition coefficient (Wildman–Crippen LogP) is 15.7. The first-order chi connectivity index (χ1) is 30.4. The lowest BCUT2D eigenvalue weighted by Gasteiger charge is -2.53. The van der Waals surface area contributed by atoms with Crippen LogP contribution in [0.15, 0.2) is 176 Å². The average Bonchev–Trinajstić information content (AvgIpc) is 3.96. The Bertz CT molecular complexity index is 3290. The topological polar surface area (TPSA) is 8.17 Å². The quantitative estimate of drug-likeness (QED) is 0.163.